The summed E-state index contributed by atoms with van der Waals surface area (Å²) in [5.74, 6) is -4.99. The van der Waals surface area contributed by atoms with Gasteiger partial charge in [-0.05, 0) is 20.8 Å². The van der Waals surface area contributed by atoms with Crippen LogP contribution in [0.2, 0.25) is 0 Å². The third-order valence-corrected chi connectivity index (χ3v) is 3.14. The predicted octanol–water partition coefficient (Wildman–Crippen LogP) is 3.24. The molecule has 1 aliphatic heterocycles. The van der Waals surface area contributed by atoms with E-state index in [9.17, 15) is 26.7 Å². The van der Waals surface area contributed by atoms with Gasteiger partial charge in [0.05, 0.1) is 0 Å². The smallest absolute Gasteiger partial charge is 0.423 e. The van der Waals surface area contributed by atoms with Crippen LogP contribution in [0.15, 0.2) is 12.2 Å². The maximum atomic E-state index is 13.7. The van der Waals surface area contributed by atoms with Crippen molar-refractivity contribution >= 4 is 5.97 Å². The van der Waals surface area contributed by atoms with Gasteiger partial charge < -0.3 is 9.47 Å². The van der Waals surface area contributed by atoms with Crippen molar-refractivity contribution in [3.8, 4) is 0 Å². The van der Waals surface area contributed by atoms with E-state index < -0.39 is 42.3 Å². The van der Waals surface area contributed by atoms with Gasteiger partial charge in [-0.15, -0.1) is 0 Å². The van der Waals surface area contributed by atoms with Crippen molar-refractivity contribution < 1.29 is 36.2 Å². The molecule has 0 amide bonds. The third kappa shape index (κ3) is 2.79. The topological polar surface area (TPSA) is 35.5 Å². The monoisotopic (exact) mass is 302 g/mol. The minimum absolute atomic E-state index is 0.0111. The number of rotatable bonds is 3. The van der Waals surface area contributed by atoms with Gasteiger partial charge in [0, 0.05) is 12.0 Å². The number of alkyl halides is 5. The molecule has 1 fully saturated rings. The van der Waals surface area contributed by atoms with Crippen LogP contribution in [0.1, 0.15) is 27.2 Å². The third-order valence-electron chi connectivity index (χ3n) is 3.14. The van der Waals surface area contributed by atoms with Crippen molar-refractivity contribution in [2.75, 3.05) is 6.61 Å². The lowest BCUT2D eigenvalue weighted by atomic mass is 9.93. The zero-order valence-corrected chi connectivity index (χ0v) is 11.2. The van der Waals surface area contributed by atoms with Crippen LogP contribution in [-0.4, -0.2) is 35.9 Å². The van der Waals surface area contributed by atoms with Gasteiger partial charge >= 0.3 is 12.1 Å². The molecule has 0 saturated carbocycles. The Morgan fingerprint density at radius 1 is 1.35 bits per heavy atom. The molecule has 2 unspecified atom stereocenters. The van der Waals surface area contributed by atoms with E-state index in [1.54, 1.807) is 0 Å². The number of esters is 1. The second kappa shape index (κ2) is 4.68. The number of carbonyl (C=O) groups excluding carboxylic acids is 1. The molecule has 0 bridgehead atoms. The van der Waals surface area contributed by atoms with E-state index in [4.69, 9.17) is 0 Å². The van der Waals surface area contributed by atoms with Crippen molar-refractivity contribution in [1.82, 2.24) is 0 Å². The van der Waals surface area contributed by atoms with E-state index in [-0.39, 0.29) is 5.57 Å². The van der Waals surface area contributed by atoms with Gasteiger partial charge in [-0.1, -0.05) is 6.58 Å². The number of hydrogen-bond donors (Lipinski definition) is 0. The first-order valence-corrected chi connectivity index (χ1v) is 5.71. The number of halogens is 5. The summed E-state index contributed by atoms with van der Waals surface area (Å²) in [6.45, 7) is 5.23. The number of hydrogen-bond acceptors (Lipinski definition) is 3. The highest BCUT2D eigenvalue weighted by Crippen LogP contribution is 2.55. The summed E-state index contributed by atoms with van der Waals surface area (Å²) < 4.78 is 74.9. The Morgan fingerprint density at radius 3 is 2.20 bits per heavy atom. The van der Waals surface area contributed by atoms with Gasteiger partial charge in [-0.25, -0.2) is 13.6 Å². The molecular formula is C12H15F5O3. The number of ether oxygens (including phenoxy) is 2. The van der Waals surface area contributed by atoms with Crippen LogP contribution in [-0.2, 0) is 14.3 Å². The molecule has 0 spiro atoms. The maximum Gasteiger partial charge on any atom is 0.423 e. The van der Waals surface area contributed by atoms with Crippen LogP contribution in [0.5, 0.6) is 0 Å². The molecule has 1 aliphatic rings. The highest BCUT2D eigenvalue weighted by Gasteiger charge is 2.75. The molecule has 116 valence electrons. The fourth-order valence-corrected chi connectivity index (χ4v) is 1.93. The van der Waals surface area contributed by atoms with Crippen LogP contribution < -0.4 is 0 Å². The maximum absolute atomic E-state index is 13.7. The summed E-state index contributed by atoms with van der Waals surface area (Å²) in [5.41, 5.74) is -5.51. The fraction of sp³-hybridized carbons (Fsp3) is 0.750. The molecule has 1 heterocycles. The standard InChI is InChI=1S/C12H15F5O3/c1-7(2)8(18)19-6-9(3)5-11(13,14)10(4,20-9)12(15,16)17/h1,5-6H2,2-4H3. The summed E-state index contributed by atoms with van der Waals surface area (Å²) in [5, 5.41) is 0. The van der Waals surface area contributed by atoms with E-state index in [0.29, 0.717) is 6.92 Å². The van der Waals surface area contributed by atoms with Crippen molar-refractivity contribution in [1.29, 1.82) is 0 Å². The van der Waals surface area contributed by atoms with E-state index in [1.807, 2.05) is 0 Å². The quantitative estimate of drug-likeness (QED) is 0.456. The second-order valence-electron chi connectivity index (χ2n) is 5.32. The van der Waals surface area contributed by atoms with Gasteiger partial charge in [-0.2, -0.15) is 13.2 Å². The molecule has 3 nitrogen and oxygen atoms in total. The Kier molecular flexibility index (Phi) is 3.95. The van der Waals surface area contributed by atoms with Crippen LogP contribution in [0.4, 0.5) is 22.0 Å². The van der Waals surface area contributed by atoms with E-state index in [0.717, 1.165) is 6.92 Å². The molecular weight excluding hydrogens is 287 g/mol. The van der Waals surface area contributed by atoms with Crippen LogP contribution in [0, 0.1) is 0 Å². The summed E-state index contributed by atoms with van der Waals surface area (Å²) in [4.78, 5) is 11.2. The molecule has 0 N–H and O–H groups in total. The normalized spacial score (nSPS) is 33.0. The minimum atomic E-state index is -5.24. The minimum Gasteiger partial charge on any atom is -0.459 e. The molecule has 20 heavy (non-hydrogen) atoms. The Bertz CT molecular complexity index is 431. The molecule has 0 radical (unpaired) electrons. The van der Waals surface area contributed by atoms with Gasteiger partial charge in [0.15, 0.2) is 0 Å². The van der Waals surface area contributed by atoms with Crippen LogP contribution in [0.3, 0.4) is 0 Å². The fourth-order valence-electron chi connectivity index (χ4n) is 1.93. The van der Waals surface area contributed by atoms with Crippen molar-refractivity contribution in [3.05, 3.63) is 12.2 Å². The van der Waals surface area contributed by atoms with Gasteiger partial charge in [0.25, 0.3) is 5.92 Å². The Morgan fingerprint density at radius 2 is 1.85 bits per heavy atom. The molecule has 0 aromatic rings. The van der Waals surface area contributed by atoms with Crippen LogP contribution >= 0.6 is 0 Å². The van der Waals surface area contributed by atoms with Crippen molar-refractivity contribution in [2.24, 2.45) is 0 Å². The molecule has 2 atom stereocenters. The largest absolute Gasteiger partial charge is 0.459 e. The molecule has 0 aromatic heterocycles. The highest BCUT2D eigenvalue weighted by atomic mass is 19.4. The summed E-state index contributed by atoms with van der Waals surface area (Å²) in [6, 6.07) is 0. The predicted molar refractivity (Wildman–Crippen MR) is 59.3 cm³/mol. The average Bonchev–Trinajstić information content (AvgIpc) is 2.41. The molecule has 0 aromatic carbocycles. The first-order chi connectivity index (χ1) is 8.74. The lowest BCUT2D eigenvalue weighted by Gasteiger charge is -2.33. The van der Waals surface area contributed by atoms with Crippen molar-refractivity contribution in [2.45, 2.75) is 50.5 Å². The Hall–Kier alpha value is -1.18. The first kappa shape index (κ1) is 16.9. The van der Waals surface area contributed by atoms with Gasteiger partial charge in [0.1, 0.15) is 12.2 Å². The summed E-state index contributed by atoms with van der Waals surface area (Å²) in [7, 11) is 0. The Labute approximate surface area is 112 Å². The second-order valence-corrected chi connectivity index (χ2v) is 5.32. The van der Waals surface area contributed by atoms with Crippen molar-refractivity contribution in [3.63, 3.8) is 0 Å². The molecule has 1 saturated heterocycles. The molecule has 1 rings (SSSR count). The summed E-state index contributed by atoms with van der Waals surface area (Å²) in [6.07, 6.45) is -6.44. The lowest BCUT2D eigenvalue weighted by molar-refractivity contribution is -0.321. The zero-order valence-electron chi connectivity index (χ0n) is 11.2. The first-order valence-electron chi connectivity index (χ1n) is 5.71. The van der Waals surface area contributed by atoms with E-state index in [2.05, 4.69) is 16.1 Å². The van der Waals surface area contributed by atoms with Gasteiger partial charge in [0.2, 0.25) is 5.60 Å². The molecule has 0 aliphatic carbocycles. The number of carbonyl (C=O) groups is 1. The molecule has 8 heteroatoms. The SMILES string of the molecule is C=C(C)C(=O)OCC1(C)CC(F)(F)C(C)(C(F)(F)F)O1. The highest BCUT2D eigenvalue weighted by molar-refractivity contribution is 5.86. The lowest BCUT2D eigenvalue weighted by Crippen LogP contribution is -2.54. The van der Waals surface area contributed by atoms with Gasteiger partial charge in [-0.3, -0.25) is 0 Å². The average molecular weight is 302 g/mol. The zero-order chi connectivity index (χ0) is 16.0. The Balaban J connectivity index is 2.91. The summed E-state index contributed by atoms with van der Waals surface area (Å²) >= 11 is 0. The van der Waals surface area contributed by atoms with Crippen LogP contribution in [0.25, 0.3) is 0 Å². The van der Waals surface area contributed by atoms with E-state index in [1.165, 1.54) is 6.92 Å². The van der Waals surface area contributed by atoms with E-state index >= 15 is 0 Å².